The first-order valence-electron chi connectivity index (χ1n) is 2.86. The first-order chi connectivity index (χ1) is 5.11. The predicted molar refractivity (Wildman–Crippen MR) is 42.5 cm³/mol. The number of phenolic OH excluding ortho intramolecular Hbond substituents is 1. The van der Waals surface area contributed by atoms with Gasteiger partial charge in [-0.1, -0.05) is 0 Å². The minimum Gasteiger partial charge on any atom is -0.508 e. The van der Waals surface area contributed by atoms with Gasteiger partial charge in [-0.15, -0.1) is 0 Å². The fourth-order valence-corrected chi connectivity index (χ4v) is 0.701. The maximum atomic E-state index is 10.3. The Kier molecular flexibility index (Phi) is 4.80. The summed E-state index contributed by atoms with van der Waals surface area (Å²) in [7, 11) is 0. The maximum absolute atomic E-state index is 10.3. The number of aromatic hydroxyl groups is 2. The van der Waals surface area contributed by atoms with Gasteiger partial charge in [-0.2, -0.15) is 0 Å². The van der Waals surface area contributed by atoms with E-state index in [1.807, 2.05) is 0 Å². The molecular formula is C7H6KO4. The molecule has 0 spiro atoms. The van der Waals surface area contributed by atoms with Crippen LogP contribution in [0.5, 0.6) is 11.5 Å². The number of hydrogen-bond donors (Lipinski definition) is 3. The summed E-state index contributed by atoms with van der Waals surface area (Å²) in [6.45, 7) is 0. The third-order valence-corrected chi connectivity index (χ3v) is 1.21. The third kappa shape index (κ3) is 2.76. The van der Waals surface area contributed by atoms with Gasteiger partial charge in [-0.3, -0.25) is 0 Å². The van der Waals surface area contributed by atoms with Gasteiger partial charge in [0.2, 0.25) is 0 Å². The molecule has 0 aliphatic heterocycles. The maximum Gasteiger partial charge on any atom is 0.339 e. The molecule has 0 aliphatic carbocycles. The second kappa shape index (κ2) is 4.83. The molecular weight excluding hydrogens is 187 g/mol. The molecule has 1 rings (SSSR count). The normalized spacial score (nSPS) is 8.67. The Balaban J connectivity index is 0.00000121. The number of carboxylic acids is 1. The number of benzene rings is 1. The van der Waals surface area contributed by atoms with E-state index in [1.54, 1.807) is 0 Å². The minimum atomic E-state index is -1.22. The number of rotatable bonds is 1. The van der Waals surface area contributed by atoms with Crippen LogP contribution < -0.4 is 0 Å². The average Bonchev–Trinajstić information content (AvgIpc) is 1.85. The van der Waals surface area contributed by atoms with E-state index in [-0.39, 0.29) is 62.7 Å². The van der Waals surface area contributed by atoms with Crippen LogP contribution in [-0.2, 0) is 0 Å². The standard InChI is InChI=1S/C7H6O4.K/c8-4-1-2-5(7(10)11)6(9)3-4;/h1-3,8-9H,(H,10,11);. The number of carboxylic acid groups (broad SMARTS) is 1. The molecule has 0 bridgehead atoms. The third-order valence-electron chi connectivity index (χ3n) is 1.21. The quantitative estimate of drug-likeness (QED) is 0.565. The summed E-state index contributed by atoms with van der Waals surface area (Å²) in [5, 5.41) is 26.1. The van der Waals surface area contributed by atoms with E-state index < -0.39 is 11.7 Å². The molecule has 0 fully saturated rings. The van der Waals surface area contributed by atoms with Crippen molar-refractivity contribution in [1.82, 2.24) is 0 Å². The summed E-state index contributed by atoms with van der Waals surface area (Å²) < 4.78 is 0. The molecule has 0 heterocycles. The Morgan fingerprint density at radius 1 is 1.25 bits per heavy atom. The zero-order chi connectivity index (χ0) is 8.43. The zero-order valence-electron chi connectivity index (χ0n) is 6.48. The molecule has 0 unspecified atom stereocenters. The molecule has 3 N–H and O–H groups in total. The van der Waals surface area contributed by atoms with Gasteiger partial charge >= 0.3 is 5.97 Å². The molecule has 12 heavy (non-hydrogen) atoms. The van der Waals surface area contributed by atoms with E-state index in [0.717, 1.165) is 12.1 Å². The van der Waals surface area contributed by atoms with Crippen molar-refractivity contribution in [2.24, 2.45) is 0 Å². The fraction of sp³-hybridized carbons (Fsp3) is 0. The van der Waals surface area contributed by atoms with E-state index in [4.69, 9.17) is 15.3 Å². The number of hydrogen-bond acceptors (Lipinski definition) is 3. The predicted octanol–water partition coefficient (Wildman–Crippen LogP) is 0.415. The van der Waals surface area contributed by atoms with E-state index in [2.05, 4.69) is 0 Å². The van der Waals surface area contributed by atoms with Crippen LogP contribution in [0.4, 0.5) is 0 Å². The number of carbonyl (C=O) groups is 1. The van der Waals surface area contributed by atoms with Gasteiger partial charge in [0.15, 0.2) is 0 Å². The molecule has 0 atom stereocenters. The van der Waals surface area contributed by atoms with Gasteiger partial charge in [-0.25, -0.2) is 4.79 Å². The summed E-state index contributed by atoms with van der Waals surface area (Å²) in [6.07, 6.45) is 0. The molecule has 0 aromatic heterocycles. The Labute approximate surface area is 111 Å². The van der Waals surface area contributed by atoms with Crippen molar-refractivity contribution >= 4 is 57.4 Å². The average molecular weight is 193 g/mol. The minimum absolute atomic E-state index is 0. The number of phenols is 2. The van der Waals surface area contributed by atoms with Gasteiger partial charge in [0.25, 0.3) is 0 Å². The SMILES string of the molecule is O=C(O)c1ccc(O)cc1O.[K]. The second-order valence-corrected chi connectivity index (χ2v) is 2.01. The van der Waals surface area contributed by atoms with Crippen LogP contribution in [0.2, 0.25) is 0 Å². The monoisotopic (exact) mass is 193 g/mol. The van der Waals surface area contributed by atoms with Gasteiger partial charge in [-0.05, 0) is 12.1 Å². The smallest absolute Gasteiger partial charge is 0.339 e. The molecule has 0 aliphatic rings. The molecule has 1 aromatic rings. The topological polar surface area (TPSA) is 77.8 Å². The Morgan fingerprint density at radius 3 is 2.25 bits per heavy atom. The van der Waals surface area contributed by atoms with Crippen LogP contribution in [0.3, 0.4) is 0 Å². The Morgan fingerprint density at radius 2 is 1.83 bits per heavy atom. The summed E-state index contributed by atoms with van der Waals surface area (Å²) in [5.74, 6) is -1.81. The van der Waals surface area contributed by atoms with Crippen LogP contribution in [-0.4, -0.2) is 72.7 Å². The van der Waals surface area contributed by atoms with E-state index in [9.17, 15) is 4.79 Å². The molecule has 5 heteroatoms. The van der Waals surface area contributed by atoms with Crippen molar-refractivity contribution in [3.63, 3.8) is 0 Å². The first-order valence-corrected chi connectivity index (χ1v) is 2.86. The van der Waals surface area contributed by atoms with Crippen LogP contribution in [0.1, 0.15) is 10.4 Å². The van der Waals surface area contributed by atoms with Crippen LogP contribution in [0.15, 0.2) is 18.2 Å². The molecule has 1 radical (unpaired) electrons. The van der Waals surface area contributed by atoms with E-state index >= 15 is 0 Å². The van der Waals surface area contributed by atoms with Crippen molar-refractivity contribution in [2.75, 3.05) is 0 Å². The summed E-state index contributed by atoms with van der Waals surface area (Å²) in [5.41, 5.74) is -0.220. The van der Waals surface area contributed by atoms with Crippen molar-refractivity contribution in [1.29, 1.82) is 0 Å². The molecule has 1 aromatic carbocycles. The largest absolute Gasteiger partial charge is 0.508 e. The Hall–Kier alpha value is -0.0736. The van der Waals surface area contributed by atoms with Gasteiger partial charge in [0, 0.05) is 57.5 Å². The van der Waals surface area contributed by atoms with Gasteiger partial charge in [0.1, 0.15) is 17.1 Å². The van der Waals surface area contributed by atoms with Crippen molar-refractivity contribution in [3.8, 4) is 11.5 Å². The summed E-state index contributed by atoms with van der Waals surface area (Å²) >= 11 is 0. The van der Waals surface area contributed by atoms with Crippen molar-refractivity contribution in [2.45, 2.75) is 0 Å². The number of aromatic carboxylic acids is 1. The van der Waals surface area contributed by atoms with Crippen LogP contribution in [0, 0.1) is 0 Å². The molecule has 59 valence electrons. The first kappa shape index (κ1) is 11.9. The summed E-state index contributed by atoms with van der Waals surface area (Å²) in [4.78, 5) is 10.3. The van der Waals surface area contributed by atoms with Crippen LogP contribution >= 0.6 is 0 Å². The van der Waals surface area contributed by atoms with Gasteiger partial charge < -0.3 is 15.3 Å². The van der Waals surface area contributed by atoms with Crippen molar-refractivity contribution in [3.05, 3.63) is 23.8 Å². The molecule has 0 saturated heterocycles. The second-order valence-electron chi connectivity index (χ2n) is 2.01. The van der Waals surface area contributed by atoms with E-state index in [1.165, 1.54) is 6.07 Å². The Bertz CT molecular complexity index is 297. The van der Waals surface area contributed by atoms with Crippen LogP contribution in [0.25, 0.3) is 0 Å². The van der Waals surface area contributed by atoms with Crippen molar-refractivity contribution < 1.29 is 20.1 Å². The molecule has 0 amide bonds. The fourth-order valence-electron chi connectivity index (χ4n) is 0.701. The summed E-state index contributed by atoms with van der Waals surface area (Å²) in [6, 6.07) is 3.31. The molecule has 4 nitrogen and oxygen atoms in total. The van der Waals surface area contributed by atoms with E-state index in [0.29, 0.717) is 0 Å². The van der Waals surface area contributed by atoms with Gasteiger partial charge in [0.05, 0.1) is 0 Å². The molecule has 0 saturated carbocycles. The zero-order valence-corrected chi connectivity index (χ0v) is 9.61.